The lowest BCUT2D eigenvalue weighted by molar-refractivity contribution is 0.0881. The number of rotatable bonds is 8. The Bertz CT molecular complexity index is 982. The Hall–Kier alpha value is -2.93. The Labute approximate surface area is 189 Å². The summed E-state index contributed by atoms with van der Waals surface area (Å²) >= 11 is 0. The van der Waals surface area contributed by atoms with Gasteiger partial charge in [0.1, 0.15) is 6.07 Å². The molecule has 0 aliphatic heterocycles. The number of anilines is 1. The van der Waals surface area contributed by atoms with Crippen LogP contribution in [0.1, 0.15) is 58.7 Å². The van der Waals surface area contributed by atoms with Crippen molar-refractivity contribution in [3.8, 4) is 6.07 Å². The van der Waals surface area contributed by atoms with Gasteiger partial charge in [0.2, 0.25) is 5.82 Å². The monoisotopic (exact) mass is 442 g/mol. The third-order valence-corrected chi connectivity index (χ3v) is 5.76. The molecule has 0 unspecified atom stereocenters. The van der Waals surface area contributed by atoms with Crippen LogP contribution in [0.2, 0.25) is 0 Å². The van der Waals surface area contributed by atoms with Crippen molar-refractivity contribution in [2.24, 2.45) is 5.92 Å². The molecule has 0 bridgehead atoms. The fraction of sp³-hybridized carbons (Fsp3) is 0.682. The van der Waals surface area contributed by atoms with Crippen LogP contribution in [-0.2, 0) is 6.54 Å². The first-order valence-electron chi connectivity index (χ1n) is 11.2. The fourth-order valence-electron chi connectivity index (χ4n) is 4.33. The van der Waals surface area contributed by atoms with Gasteiger partial charge in [-0.05, 0) is 66.6 Å². The van der Waals surface area contributed by atoms with Gasteiger partial charge in [-0.1, -0.05) is 12.8 Å². The molecule has 10 nitrogen and oxygen atoms in total. The zero-order valence-electron chi connectivity index (χ0n) is 19.7. The highest BCUT2D eigenvalue weighted by Gasteiger charge is 2.36. The normalized spacial score (nSPS) is 14.8. The van der Waals surface area contributed by atoms with Crippen molar-refractivity contribution in [2.75, 3.05) is 32.2 Å². The zero-order valence-corrected chi connectivity index (χ0v) is 19.7. The van der Waals surface area contributed by atoms with Crippen LogP contribution in [0.3, 0.4) is 0 Å². The third kappa shape index (κ3) is 5.27. The van der Waals surface area contributed by atoms with Crippen LogP contribution in [0.25, 0.3) is 11.2 Å². The number of carboxylic acid groups (broad SMARTS) is 1. The number of nitriles is 1. The Kier molecular flexibility index (Phi) is 7.19. The van der Waals surface area contributed by atoms with Crippen molar-refractivity contribution < 1.29 is 9.90 Å². The molecule has 1 saturated carbocycles. The molecule has 0 aromatic carbocycles. The molecule has 0 atom stereocenters. The van der Waals surface area contributed by atoms with E-state index in [4.69, 9.17) is 0 Å². The molecule has 3 rings (SSSR count). The summed E-state index contributed by atoms with van der Waals surface area (Å²) in [7, 11) is 4.04. The van der Waals surface area contributed by atoms with Crippen molar-refractivity contribution in [3.63, 3.8) is 0 Å². The standard InChI is InChI=1S/C22H34N8O2/c1-22(2,3)30(21(31)32)29(14-16-9-6-7-10-16)20-18-19(25-17(13-23)26-20)28(15-24-18)12-8-11-27(4)5/h15-16H,6-12,14H2,1-5H3,(H,31,32). The molecule has 1 N–H and O–H groups in total. The number of hydrogen-bond acceptors (Lipinski definition) is 7. The van der Waals surface area contributed by atoms with E-state index in [9.17, 15) is 15.2 Å². The molecule has 2 aromatic heterocycles. The molecule has 2 aromatic rings. The Balaban J connectivity index is 2.10. The molecule has 1 aliphatic rings. The minimum Gasteiger partial charge on any atom is -0.464 e. The van der Waals surface area contributed by atoms with Gasteiger partial charge in [0.05, 0.1) is 11.9 Å². The average molecular weight is 443 g/mol. The summed E-state index contributed by atoms with van der Waals surface area (Å²) in [6, 6.07) is 2.04. The molecule has 174 valence electrons. The molecule has 0 saturated heterocycles. The van der Waals surface area contributed by atoms with Gasteiger partial charge in [-0.15, -0.1) is 0 Å². The minimum absolute atomic E-state index is 0.0116. The van der Waals surface area contributed by atoms with Crippen LogP contribution < -0.4 is 5.01 Å². The molecule has 1 fully saturated rings. The van der Waals surface area contributed by atoms with Crippen LogP contribution in [0.5, 0.6) is 0 Å². The molecule has 1 aliphatic carbocycles. The van der Waals surface area contributed by atoms with Crippen LogP contribution in [0.15, 0.2) is 6.33 Å². The number of carbonyl (C=O) groups is 1. The number of amides is 1. The molecular weight excluding hydrogens is 408 g/mol. The molecule has 10 heteroatoms. The first kappa shape index (κ1) is 23.7. The van der Waals surface area contributed by atoms with E-state index in [0.29, 0.717) is 36.0 Å². The Morgan fingerprint density at radius 3 is 2.53 bits per heavy atom. The second kappa shape index (κ2) is 9.69. The lowest BCUT2D eigenvalue weighted by Crippen LogP contribution is -2.57. The maximum absolute atomic E-state index is 12.4. The predicted octanol–water partition coefficient (Wildman–Crippen LogP) is 3.34. The van der Waals surface area contributed by atoms with Gasteiger partial charge in [-0.2, -0.15) is 15.2 Å². The van der Waals surface area contributed by atoms with E-state index in [0.717, 1.165) is 38.6 Å². The van der Waals surface area contributed by atoms with E-state index in [-0.39, 0.29) is 5.82 Å². The van der Waals surface area contributed by atoms with Crippen molar-refractivity contribution in [2.45, 2.75) is 65.0 Å². The summed E-state index contributed by atoms with van der Waals surface area (Å²) in [5, 5.41) is 22.8. The van der Waals surface area contributed by atoms with E-state index in [1.165, 1.54) is 5.01 Å². The van der Waals surface area contributed by atoms with Gasteiger partial charge in [0.25, 0.3) is 0 Å². The first-order chi connectivity index (χ1) is 15.1. The number of hydrogen-bond donors (Lipinski definition) is 1. The number of aryl methyl sites for hydroxylation is 1. The van der Waals surface area contributed by atoms with E-state index in [1.807, 2.05) is 45.5 Å². The summed E-state index contributed by atoms with van der Waals surface area (Å²) in [5.41, 5.74) is 0.367. The minimum atomic E-state index is -1.06. The SMILES string of the molecule is CN(C)CCCn1cnc2c(N(CC3CCCC3)N(C(=O)O)C(C)(C)C)nc(C#N)nc21. The van der Waals surface area contributed by atoms with Crippen molar-refractivity contribution in [1.82, 2.24) is 29.4 Å². The number of aromatic nitrogens is 4. The van der Waals surface area contributed by atoms with Crippen molar-refractivity contribution in [1.29, 1.82) is 5.26 Å². The van der Waals surface area contributed by atoms with Crippen LogP contribution in [0, 0.1) is 17.2 Å². The van der Waals surface area contributed by atoms with Crippen molar-refractivity contribution in [3.05, 3.63) is 12.2 Å². The molecule has 0 radical (unpaired) electrons. The largest absolute Gasteiger partial charge is 0.464 e. The second-order valence-corrected chi connectivity index (χ2v) is 9.75. The molecule has 1 amide bonds. The topological polar surface area (TPSA) is 114 Å². The highest BCUT2D eigenvalue weighted by molar-refractivity contribution is 5.85. The number of imidazole rings is 1. The third-order valence-electron chi connectivity index (χ3n) is 5.76. The quantitative estimate of drug-likeness (QED) is 0.619. The smallest absolute Gasteiger partial charge is 0.426 e. The van der Waals surface area contributed by atoms with E-state index < -0.39 is 11.6 Å². The van der Waals surface area contributed by atoms with Gasteiger partial charge in [0, 0.05) is 13.1 Å². The van der Waals surface area contributed by atoms with Crippen molar-refractivity contribution >= 4 is 23.1 Å². The number of fused-ring (bicyclic) bond motifs is 1. The van der Waals surface area contributed by atoms with Gasteiger partial charge >= 0.3 is 6.09 Å². The van der Waals surface area contributed by atoms with E-state index in [1.54, 1.807) is 11.3 Å². The zero-order chi connectivity index (χ0) is 23.5. The summed E-state index contributed by atoms with van der Waals surface area (Å²) < 4.78 is 1.92. The highest BCUT2D eigenvalue weighted by atomic mass is 16.4. The van der Waals surface area contributed by atoms with E-state index in [2.05, 4.69) is 19.9 Å². The summed E-state index contributed by atoms with van der Waals surface area (Å²) in [5.74, 6) is 0.747. The second-order valence-electron chi connectivity index (χ2n) is 9.75. The van der Waals surface area contributed by atoms with Crippen LogP contribution in [-0.4, -0.2) is 73.4 Å². The summed E-state index contributed by atoms with van der Waals surface area (Å²) in [4.78, 5) is 27.9. The lowest BCUT2D eigenvalue weighted by atomic mass is 10.1. The lowest BCUT2D eigenvalue weighted by Gasteiger charge is -2.43. The summed E-state index contributed by atoms with van der Waals surface area (Å²) in [6.07, 6.45) is 5.92. The maximum Gasteiger partial charge on any atom is 0.426 e. The van der Waals surface area contributed by atoms with Crippen LogP contribution in [0.4, 0.5) is 10.6 Å². The highest BCUT2D eigenvalue weighted by Crippen LogP contribution is 2.32. The maximum atomic E-state index is 12.4. The van der Waals surface area contributed by atoms with Gasteiger partial charge in [-0.3, -0.25) is 5.01 Å². The number of nitrogens with zero attached hydrogens (tertiary/aromatic N) is 8. The van der Waals surface area contributed by atoms with Gasteiger partial charge in [-0.25, -0.2) is 14.8 Å². The first-order valence-corrected chi connectivity index (χ1v) is 11.2. The molecule has 0 spiro atoms. The number of hydrazine groups is 1. The van der Waals surface area contributed by atoms with E-state index >= 15 is 0 Å². The predicted molar refractivity (Wildman–Crippen MR) is 122 cm³/mol. The fourth-order valence-corrected chi connectivity index (χ4v) is 4.33. The Morgan fingerprint density at radius 2 is 1.97 bits per heavy atom. The molecule has 32 heavy (non-hydrogen) atoms. The van der Waals surface area contributed by atoms with Gasteiger partial charge in [0.15, 0.2) is 17.0 Å². The summed E-state index contributed by atoms with van der Waals surface area (Å²) in [6.45, 7) is 7.67. The average Bonchev–Trinajstić information content (AvgIpc) is 3.35. The molecular formula is C22H34N8O2. The molecule has 2 heterocycles. The Morgan fingerprint density at radius 1 is 1.28 bits per heavy atom. The van der Waals surface area contributed by atoms with Crippen LogP contribution >= 0.6 is 0 Å². The van der Waals surface area contributed by atoms with Gasteiger partial charge < -0.3 is 14.6 Å².